The third-order valence-corrected chi connectivity index (χ3v) is 5.07. The van der Waals surface area contributed by atoms with Crippen molar-refractivity contribution in [2.45, 2.75) is 23.1 Å². The Morgan fingerprint density at radius 3 is 2.70 bits per heavy atom. The van der Waals surface area contributed by atoms with Crippen molar-refractivity contribution in [1.82, 2.24) is 5.32 Å². The van der Waals surface area contributed by atoms with E-state index in [0.717, 1.165) is 4.90 Å². The lowest BCUT2D eigenvalue weighted by atomic mass is 10.1. The number of fused-ring (bicyclic) bond motifs is 1. The van der Waals surface area contributed by atoms with E-state index in [1.54, 1.807) is 31.2 Å². The van der Waals surface area contributed by atoms with Crippen LogP contribution in [0.4, 0.5) is 10.1 Å². The molecule has 0 saturated carbocycles. The van der Waals surface area contributed by atoms with Crippen LogP contribution in [0.25, 0.3) is 0 Å². The number of amides is 2. The summed E-state index contributed by atoms with van der Waals surface area (Å²) in [6.45, 7) is 1.61. The molecule has 3 rings (SSSR count). The molecule has 118 valence electrons. The second-order valence-electron chi connectivity index (χ2n) is 5.36. The molecule has 1 aliphatic heterocycles. The number of hydrogen-bond donors (Lipinski definition) is 2. The van der Waals surface area contributed by atoms with E-state index < -0.39 is 10.7 Å². The van der Waals surface area contributed by atoms with Gasteiger partial charge in [-0.25, -0.2) is 4.39 Å². The number of halogens is 1. The van der Waals surface area contributed by atoms with Crippen LogP contribution >= 0.6 is 11.8 Å². The van der Waals surface area contributed by atoms with E-state index >= 15 is 0 Å². The van der Waals surface area contributed by atoms with E-state index in [-0.39, 0.29) is 18.3 Å². The molecule has 0 spiro atoms. The molecule has 0 bridgehead atoms. The summed E-state index contributed by atoms with van der Waals surface area (Å²) in [5.41, 5.74) is 1.08. The molecule has 2 N–H and O–H groups in total. The van der Waals surface area contributed by atoms with Gasteiger partial charge in [0, 0.05) is 17.0 Å². The molecule has 23 heavy (non-hydrogen) atoms. The van der Waals surface area contributed by atoms with Gasteiger partial charge in [-0.05, 0) is 25.1 Å². The van der Waals surface area contributed by atoms with Crippen LogP contribution in [0.15, 0.2) is 53.4 Å². The molecule has 1 atom stereocenters. The van der Waals surface area contributed by atoms with E-state index in [1.165, 1.54) is 17.8 Å². The molecule has 4 nitrogen and oxygen atoms in total. The maximum atomic E-state index is 13.6. The lowest BCUT2D eigenvalue weighted by Gasteiger charge is -2.31. The van der Waals surface area contributed by atoms with Crippen LogP contribution in [0.2, 0.25) is 0 Å². The van der Waals surface area contributed by atoms with Gasteiger partial charge in [0.05, 0.1) is 5.69 Å². The van der Waals surface area contributed by atoms with Crippen LogP contribution in [0.3, 0.4) is 0 Å². The van der Waals surface area contributed by atoms with Crippen LogP contribution < -0.4 is 10.6 Å². The Balaban J connectivity index is 1.76. The number of carbonyl (C=O) groups is 2. The van der Waals surface area contributed by atoms with Gasteiger partial charge in [0.25, 0.3) is 0 Å². The number of nitrogens with one attached hydrogen (secondary N) is 2. The molecular weight excluding hydrogens is 315 g/mol. The minimum absolute atomic E-state index is 0.0383. The highest BCUT2D eigenvalue weighted by atomic mass is 32.2. The lowest BCUT2D eigenvalue weighted by Crippen LogP contribution is -2.51. The normalized spacial score (nSPS) is 19.7. The van der Waals surface area contributed by atoms with Crippen molar-refractivity contribution in [3.8, 4) is 0 Å². The molecule has 6 heteroatoms. The van der Waals surface area contributed by atoms with Crippen molar-refractivity contribution >= 4 is 29.3 Å². The molecule has 0 radical (unpaired) electrons. The number of carbonyl (C=O) groups excluding carboxylic acids is 2. The molecule has 2 amide bonds. The second-order valence-corrected chi connectivity index (χ2v) is 6.82. The number of thioether (sulfide) groups is 1. The van der Waals surface area contributed by atoms with Crippen molar-refractivity contribution in [2.24, 2.45) is 0 Å². The first-order chi connectivity index (χ1) is 11.0. The van der Waals surface area contributed by atoms with E-state index in [1.807, 2.05) is 18.2 Å². The van der Waals surface area contributed by atoms with Gasteiger partial charge in [-0.3, -0.25) is 9.59 Å². The van der Waals surface area contributed by atoms with E-state index in [4.69, 9.17) is 0 Å². The predicted octanol–water partition coefficient (Wildman–Crippen LogP) is 2.95. The Hall–Kier alpha value is -2.34. The first-order valence-electron chi connectivity index (χ1n) is 7.12. The summed E-state index contributed by atoms with van der Waals surface area (Å²) in [6, 6.07) is 13.5. The Morgan fingerprint density at radius 1 is 1.22 bits per heavy atom. The molecular formula is C17H15FN2O2S. The average molecular weight is 330 g/mol. The summed E-state index contributed by atoms with van der Waals surface area (Å²) in [5, 5.41) is 5.40. The molecule has 1 aliphatic rings. The fourth-order valence-electron chi connectivity index (χ4n) is 2.30. The highest BCUT2D eigenvalue weighted by molar-refractivity contribution is 8.02. The van der Waals surface area contributed by atoms with Gasteiger partial charge < -0.3 is 10.6 Å². The summed E-state index contributed by atoms with van der Waals surface area (Å²) in [6.07, 6.45) is 0. The molecule has 0 aromatic heterocycles. The molecule has 0 saturated heterocycles. The second kappa shape index (κ2) is 6.04. The summed E-state index contributed by atoms with van der Waals surface area (Å²) in [4.78, 5) is 25.7. The Labute approximate surface area is 137 Å². The first-order valence-corrected chi connectivity index (χ1v) is 7.93. The smallest absolute Gasteiger partial charge is 0.250 e. The quantitative estimate of drug-likeness (QED) is 0.851. The van der Waals surface area contributed by atoms with E-state index in [2.05, 4.69) is 10.6 Å². The third kappa shape index (κ3) is 2.94. The SMILES string of the molecule is CC1(C(=O)NCc2ccccc2F)Sc2ccccc2NC1=O. The number of rotatable bonds is 3. The minimum Gasteiger partial charge on any atom is -0.350 e. The number of hydrogen-bond acceptors (Lipinski definition) is 3. The van der Waals surface area contributed by atoms with E-state index in [0.29, 0.717) is 11.3 Å². The fourth-order valence-corrected chi connectivity index (χ4v) is 3.43. The van der Waals surface area contributed by atoms with Crippen LogP contribution in [0, 0.1) is 5.82 Å². The summed E-state index contributed by atoms with van der Waals surface area (Å²) >= 11 is 1.20. The van der Waals surface area contributed by atoms with Crippen molar-refractivity contribution in [1.29, 1.82) is 0 Å². The van der Waals surface area contributed by atoms with Gasteiger partial charge >= 0.3 is 0 Å². The average Bonchev–Trinajstić information content (AvgIpc) is 2.55. The van der Waals surface area contributed by atoms with Crippen molar-refractivity contribution in [2.75, 3.05) is 5.32 Å². The predicted molar refractivity (Wildman–Crippen MR) is 87.6 cm³/mol. The number of para-hydroxylation sites is 1. The maximum absolute atomic E-state index is 13.6. The topological polar surface area (TPSA) is 58.2 Å². The van der Waals surface area contributed by atoms with Crippen LogP contribution in [0.5, 0.6) is 0 Å². The summed E-state index contributed by atoms with van der Waals surface area (Å²) < 4.78 is 12.3. The van der Waals surface area contributed by atoms with E-state index in [9.17, 15) is 14.0 Å². The van der Waals surface area contributed by atoms with Crippen molar-refractivity contribution < 1.29 is 14.0 Å². The largest absolute Gasteiger partial charge is 0.350 e. The molecule has 2 aromatic rings. The maximum Gasteiger partial charge on any atom is 0.250 e. The minimum atomic E-state index is -1.29. The van der Waals surface area contributed by atoms with Gasteiger partial charge in [0.15, 0.2) is 4.75 Å². The number of anilines is 1. The Morgan fingerprint density at radius 2 is 1.91 bits per heavy atom. The van der Waals surface area contributed by atoms with Gasteiger partial charge in [-0.2, -0.15) is 0 Å². The van der Waals surface area contributed by atoms with Gasteiger partial charge in [-0.15, -0.1) is 0 Å². The first kappa shape index (κ1) is 15.6. The van der Waals surface area contributed by atoms with Crippen LogP contribution in [0.1, 0.15) is 12.5 Å². The fraction of sp³-hybridized carbons (Fsp3) is 0.176. The monoisotopic (exact) mass is 330 g/mol. The molecule has 0 fully saturated rings. The number of benzene rings is 2. The standard InChI is InChI=1S/C17H15FN2O2S/c1-17(15(21)19-10-11-6-2-3-7-12(11)18)16(22)20-13-8-4-5-9-14(13)23-17/h2-9H,10H2,1H3,(H,19,21)(H,20,22). The molecule has 2 aromatic carbocycles. The lowest BCUT2D eigenvalue weighted by molar-refractivity contribution is -0.130. The van der Waals surface area contributed by atoms with Crippen molar-refractivity contribution in [3.05, 3.63) is 59.9 Å². The Bertz CT molecular complexity index is 781. The van der Waals surface area contributed by atoms with Gasteiger partial charge in [-0.1, -0.05) is 42.1 Å². The summed E-state index contributed by atoms with van der Waals surface area (Å²) in [5.74, 6) is -1.21. The van der Waals surface area contributed by atoms with Crippen LogP contribution in [-0.4, -0.2) is 16.6 Å². The Kier molecular flexibility index (Phi) is 4.09. The zero-order valence-corrected chi connectivity index (χ0v) is 13.2. The van der Waals surface area contributed by atoms with Crippen LogP contribution in [-0.2, 0) is 16.1 Å². The zero-order chi connectivity index (χ0) is 16.4. The van der Waals surface area contributed by atoms with Gasteiger partial charge in [0.1, 0.15) is 5.82 Å². The highest BCUT2D eigenvalue weighted by Crippen LogP contribution is 2.42. The molecule has 1 unspecified atom stereocenters. The van der Waals surface area contributed by atoms with Crippen molar-refractivity contribution in [3.63, 3.8) is 0 Å². The zero-order valence-electron chi connectivity index (χ0n) is 12.4. The molecule has 0 aliphatic carbocycles. The highest BCUT2D eigenvalue weighted by Gasteiger charge is 2.45. The summed E-state index contributed by atoms with van der Waals surface area (Å²) in [7, 11) is 0. The molecule has 1 heterocycles. The van der Waals surface area contributed by atoms with Gasteiger partial charge in [0.2, 0.25) is 11.8 Å². The third-order valence-electron chi connectivity index (χ3n) is 3.71.